The van der Waals surface area contributed by atoms with Crippen molar-refractivity contribution < 1.29 is 0 Å². The lowest BCUT2D eigenvalue weighted by molar-refractivity contribution is 0.241. The molecule has 0 unspecified atom stereocenters. The molecule has 2 heterocycles. The zero-order chi connectivity index (χ0) is 20.4. The molecule has 0 spiro atoms. The monoisotopic (exact) mass is 408 g/mol. The lowest BCUT2D eigenvalue weighted by Gasteiger charge is -2.30. The van der Waals surface area contributed by atoms with Gasteiger partial charge in [0, 0.05) is 45.2 Å². The third-order valence-corrected chi connectivity index (χ3v) is 5.49. The van der Waals surface area contributed by atoms with Crippen LogP contribution in [0.3, 0.4) is 0 Å². The lowest BCUT2D eigenvalue weighted by Crippen LogP contribution is -2.39. The smallest absolute Gasteiger partial charge is 0.259 e. The maximum atomic E-state index is 13.4. The number of hydrogen-bond donors (Lipinski definition) is 0. The molecule has 1 aliphatic heterocycles. The Hall–Kier alpha value is -2.63. The van der Waals surface area contributed by atoms with Crippen LogP contribution in [-0.4, -0.2) is 35.1 Å². The van der Waals surface area contributed by atoms with E-state index in [9.17, 15) is 4.79 Å². The van der Waals surface area contributed by atoms with Crippen molar-refractivity contribution >= 4 is 17.5 Å². The molecule has 4 rings (SSSR count). The van der Waals surface area contributed by atoms with Gasteiger partial charge in [0.1, 0.15) is 0 Å². The number of rotatable bonds is 5. The first-order valence-corrected chi connectivity index (χ1v) is 10.2. The molecule has 0 amide bonds. The number of anilines is 1. The van der Waals surface area contributed by atoms with Crippen LogP contribution < -0.4 is 10.5 Å². The van der Waals surface area contributed by atoms with Crippen LogP contribution in [0.25, 0.3) is 0 Å². The fraction of sp³-hybridized carbons (Fsp3) is 0.304. The highest BCUT2D eigenvalue weighted by Gasteiger charge is 2.24. The molecule has 1 aliphatic rings. The van der Waals surface area contributed by atoms with Crippen molar-refractivity contribution in [1.82, 2.24) is 14.5 Å². The molecule has 0 atom stereocenters. The van der Waals surface area contributed by atoms with Crippen molar-refractivity contribution in [2.45, 2.75) is 26.1 Å². The van der Waals surface area contributed by atoms with Crippen LogP contribution in [0, 0.1) is 0 Å². The van der Waals surface area contributed by atoms with E-state index in [0.29, 0.717) is 19.0 Å². The minimum atomic E-state index is 0.0540. The Labute approximate surface area is 176 Å². The van der Waals surface area contributed by atoms with Gasteiger partial charge in [-0.3, -0.25) is 14.3 Å². The predicted molar refractivity (Wildman–Crippen MR) is 118 cm³/mol. The number of hydrogen-bond acceptors (Lipinski definition) is 4. The van der Waals surface area contributed by atoms with Crippen LogP contribution >= 0.6 is 11.6 Å². The highest BCUT2D eigenvalue weighted by Crippen LogP contribution is 2.21. The van der Waals surface area contributed by atoms with E-state index in [1.54, 1.807) is 4.57 Å². The number of benzene rings is 2. The lowest BCUT2D eigenvalue weighted by atomic mass is 10.1. The molecule has 0 fully saturated rings. The van der Waals surface area contributed by atoms with Crippen LogP contribution in [0.1, 0.15) is 22.4 Å². The quantitative estimate of drug-likeness (QED) is 0.647. The predicted octanol–water partition coefficient (Wildman–Crippen LogP) is 3.57. The van der Waals surface area contributed by atoms with Crippen LogP contribution in [0.2, 0.25) is 5.02 Å². The summed E-state index contributed by atoms with van der Waals surface area (Å²) in [5, 5.41) is 0.738. The molecule has 150 valence electrons. The average molecular weight is 409 g/mol. The highest BCUT2D eigenvalue weighted by molar-refractivity contribution is 6.30. The second-order valence-electron chi connectivity index (χ2n) is 7.70. The van der Waals surface area contributed by atoms with Crippen LogP contribution in [0.4, 0.5) is 5.95 Å². The molecule has 0 saturated heterocycles. The van der Waals surface area contributed by atoms with Gasteiger partial charge in [-0.15, -0.1) is 0 Å². The van der Waals surface area contributed by atoms with Gasteiger partial charge in [-0.25, -0.2) is 4.98 Å². The van der Waals surface area contributed by atoms with E-state index >= 15 is 0 Å². The zero-order valence-electron chi connectivity index (χ0n) is 16.8. The Morgan fingerprint density at radius 3 is 2.52 bits per heavy atom. The van der Waals surface area contributed by atoms with Gasteiger partial charge < -0.3 is 4.90 Å². The molecule has 0 aliphatic carbocycles. The second-order valence-corrected chi connectivity index (χ2v) is 8.14. The van der Waals surface area contributed by atoms with Gasteiger partial charge in [0.05, 0.1) is 17.8 Å². The molecule has 0 N–H and O–H groups in total. The first-order valence-electron chi connectivity index (χ1n) is 9.82. The third kappa shape index (κ3) is 4.36. The van der Waals surface area contributed by atoms with Crippen LogP contribution in [0.5, 0.6) is 0 Å². The SMILES string of the molecule is CN(C)c1nc2c(c(=O)n1Cc1ccccc1)CN(Cc1cccc(Cl)c1)CC2. The first kappa shape index (κ1) is 19.7. The van der Waals surface area contributed by atoms with E-state index in [2.05, 4.69) is 11.0 Å². The Kier molecular flexibility index (Phi) is 5.69. The Balaban J connectivity index is 1.66. The van der Waals surface area contributed by atoms with E-state index in [4.69, 9.17) is 16.6 Å². The van der Waals surface area contributed by atoms with Gasteiger partial charge in [0.25, 0.3) is 5.56 Å². The van der Waals surface area contributed by atoms with Gasteiger partial charge in [-0.05, 0) is 23.3 Å². The average Bonchev–Trinajstić information content (AvgIpc) is 2.71. The number of nitrogens with zero attached hydrogens (tertiary/aromatic N) is 4. The van der Waals surface area contributed by atoms with Crippen molar-refractivity contribution in [2.75, 3.05) is 25.5 Å². The summed E-state index contributed by atoms with van der Waals surface area (Å²) in [5.41, 5.74) is 4.03. The molecule has 0 saturated carbocycles. The first-order chi connectivity index (χ1) is 14.0. The minimum absolute atomic E-state index is 0.0540. The van der Waals surface area contributed by atoms with Gasteiger partial charge in [-0.2, -0.15) is 0 Å². The Bertz CT molecular complexity index is 1060. The fourth-order valence-electron chi connectivity index (χ4n) is 3.84. The number of halogens is 1. The van der Waals surface area contributed by atoms with Gasteiger partial charge in [0.2, 0.25) is 5.95 Å². The van der Waals surface area contributed by atoms with Crippen molar-refractivity contribution in [3.63, 3.8) is 0 Å². The maximum absolute atomic E-state index is 13.4. The topological polar surface area (TPSA) is 41.4 Å². The van der Waals surface area contributed by atoms with Crippen molar-refractivity contribution in [2.24, 2.45) is 0 Å². The summed E-state index contributed by atoms with van der Waals surface area (Å²) in [4.78, 5) is 22.5. The van der Waals surface area contributed by atoms with E-state index in [1.165, 1.54) is 0 Å². The third-order valence-electron chi connectivity index (χ3n) is 5.25. The maximum Gasteiger partial charge on any atom is 0.259 e. The molecule has 3 aromatic rings. The Morgan fingerprint density at radius 1 is 1.03 bits per heavy atom. The van der Waals surface area contributed by atoms with E-state index in [0.717, 1.165) is 46.9 Å². The standard InChI is InChI=1S/C23H25ClN4O/c1-26(2)23-25-21-11-12-27(14-18-9-6-10-19(24)13-18)16-20(21)22(29)28(23)15-17-7-4-3-5-8-17/h3-10,13H,11-12,14-16H2,1-2H3. The molecule has 29 heavy (non-hydrogen) atoms. The van der Waals surface area contributed by atoms with Gasteiger partial charge in [-0.1, -0.05) is 54.1 Å². The van der Waals surface area contributed by atoms with E-state index < -0.39 is 0 Å². The molecular weight excluding hydrogens is 384 g/mol. The minimum Gasteiger partial charge on any atom is -0.348 e. The van der Waals surface area contributed by atoms with E-state index in [-0.39, 0.29) is 5.56 Å². The van der Waals surface area contributed by atoms with Gasteiger partial charge >= 0.3 is 0 Å². The van der Waals surface area contributed by atoms with Crippen LogP contribution in [-0.2, 0) is 26.1 Å². The zero-order valence-corrected chi connectivity index (χ0v) is 17.6. The van der Waals surface area contributed by atoms with Gasteiger partial charge in [0.15, 0.2) is 0 Å². The number of fused-ring (bicyclic) bond motifs is 1. The van der Waals surface area contributed by atoms with Crippen molar-refractivity contribution in [3.8, 4) is 0 Å². The summed E-state index contributed by atoms with van der Waals surface area (Å²) in [6, 6.07) is 18.0. The summed E-state index contributed by atoms with van der Waals surface area (Å²) >= 11 is 6.13. The fourth-order valence-corrected chi connectivity index (χ4v) is 4.05. The van der Waals surface area contributed by atoms with Crippen molar-refractivity contribution in [3.05, 3.63) is 92.4 Å². The summed E-state index contributed by atoms with van der Waals surface area (Å²) in [7, 11) is 3.87. The molecular formula is C23H25ClN4O. The molecule has 0 radical (unpaired) electrons. The van der Waals surface area contributed by atoms with Crippen LogP contribution in [0.15, 0.2) is 59.4 Å². The molecule has 0 bridgehead atoms. The molecule has 2 aromatic carbocycles. The largest absolute Gasteiger partial charge is 0.348 e. The van der Waals surface area contributed by atoms with E-state index in [1.807, 2.05) is 67.5 Å². The summed E-state index contributed by atoms with van der Waals surface area (Å²) in [5.74, 6) is 0.709. The molecule has 1 aromatic heterocycles. The molecule has 6 heteroatoms. The normalized spacial score (nSPS) is 13.9. The van der Waals surface area contributed by atoms with Crippen molar-refractivity contribution in [1.29, 1.82) is 0 Å². The second kappa shape index (κ2) is 8.39. The Morgan fingerprint density at radius 2 is 1.79 bits per heavy atom. The summed E-state index contributed by atoms with van der Waals surface area (Å²) in [6.07, 6.45) is 0.776. The summed E-state index contributed by atoms with van der Waals surface area (Å²) < 4.78 is 1.79. The molecule has 5 nitrogen and oxygen atoms in total. The highest BCUT2D eigenvalue weighted by atomic mass is 35.5. The summed E-state index contributed by atoms with van der Waals surface area (Å²) in [6.45, 7) is 2.77. The number of aromatic nitrogens is 2.